The van der Waals surface area contributed by atoms with Gasteiger partial charge in [-0.15, -0.1) is 10.2 Å². The van der Waals surface area contributed by atoms with E-state index in [1.165, 1.54) is 0 Å². The molecule has 8 nitrogen and oxygen atoms in total. The largest absolute Gasteiger partial charge is 0.353 e. The van der Waals surface area contributed by atoms with Crippen LogP contribution in [0.1, 0.15) is 17.1 Å². The van der Waals surface area contributed by atoms with Crippen molar-refractivity contribution in [3.05, 3.63) is 53.5 Å². The fourth-order valence-corrected chi connectivity index (χ4v) is 3.29. The fraction of sp³-hybridized carbons (Fsp3) is 0.316. The van der Waals surface area contributed by atoms with Crippen LogP contribution >= 0.6 is 0 Å². The highest BCUT2D eigenvalue weighted by molar-refractivity contribution is 5.46. The normalized spacial score (nSPS) is 14.3. The van der Waals surface area contributed by atoms with Crippen LogP contribution in [0.4, 0.5) is 11.6 Å². The van der Waals surface area contributed by atoms with Gasteiger partial charge in [0, 0.05) is 31.9 Å². The highest BCUT2D eigenvalue weighted by atomic mass is 15.4. The third-order valence-corrected chi connectivity index (χ3v) is 4.64. The van der Waals surface area contributed by atoms with Gasteiger partial charge < -0.3 is 9.80 Å². The Balaban J connectivity index is 1.44. The number of nitriles is 1. The lowest BCUT2D eigenvalue weighted by Gasteiger charge is -2.35. The minimum absolute atomic E-state index is 0.445. The van der Waals surface area contributed by atoms with E-state index >= 15 is 0 Å². The summed E-state index contributed by atoms with van der Waals surface area (Å²) in [6.45, 7) is 7.26. The molecule has 0 amide bonds. The number of piperazine rings is 1. The molecule has 0 spiro atoms. The molecule has 1 aliphatic heterocycles. The molecule has 0 saturated carbocycles. The number of aryl methyl sites for hydroxylation is 2. The first-order chi connectivity index (χ1) is 13.1. The van der Waals surface area contributed by atoms with Crippen molar-refractivity contribution in [2.45, 2.75) is 13.8 Å². The predicted octanol–water partition coefficient (Wildman–Crippen LogP) is 1.87. The molecule has 3 aromatic heterocycles. The number of rotatable bonds is 3. The van der Waals surface area contributed by atoms with Crippen LogP contribution < -0.4 is 9.80 Å². The van der Waals surface area contributed by atoms with Crippen LogP contribution in [0.15, 0.2) is 36.4 Å². The maximum absolute atomic E-state index is 9.01. The molecular weight excluding hydrogens is 340 g/mol. The summed E-state index contributed by atoms with van der Waals surface area (Å²) in [5.74, 6) is 2.43. The second kappa shape index (κ2) is 7.03. The van der Waals surface area contributed by atoms with E-state index in [2.05, 4.69) is 36.1 Å². The Hall–Kier alpha value is -3.47. The van der Waals surface area contributed by atoms with Crippen molar-refractivity contribution in [2.75, 3.05) is 36.0 Å². The van der Waals surface area contributed by atoms with Gasteiger partial charge >= 0.3 is 0 Å². The molecule has 1 aliphatic rings. The lowest BCUT2D eigenvalue weighted by atomic mass is 10.3. The minimum atomic E-state index is 0.445. The van der Waals surface area contributed by atoms with Crippen molar-refractivity contribution in [1.29, 1.82) is 5.26 Å². The Labute approximate surface area is 157 Å². The van der Waals surface area contributed by atoms with Crippen LogP contribution in [0.3, 0.4) is 0 Å². The molecule has 0 atom stereocenters. The second-order valence-corrected chi connectivity index (χ2v) is 6.56. The van der Waals surface area contributed by atoms with Gasteiger partial charge in [-0.1, -0.05) is 6.07 Å². The number of anilines is 2. The van der Waals surface area contributed by atoms with Crippen LogP contribution in [0.25, 0.3) is 5.82 Å². The molecule has 0 aliphatic carbocycles. The molecule has 27 heavy (non-hydrogen) atoms. The molecule has 0 N–H and O–H groups in total. The second-order valence-electron chi connectivity index (χ2n) is 6.56. The molecule has 136 valence electrons. The zero-order valence-electron chi connectivity index (χ0n) is 15.4. The van der Waals surface area contributed by atoms with Crippen molar-refractivity contribution in [1.82, 2.24) is 25.0 Å². The monoisotopic (exact) mass is 360 g/mol. The lowest BCUT2D eigenvalue weighted by Crippen LogP contribution is -2.47. The summed E-state index contributed by atoms with van der Waals surface area (Å²) < 4.78 is 1.80. The first-order valence-corrected chi connectivity index (χ1v) is 8.88. The topological polar surface area (TPSA) is 86.8 Å². The predicted molar refractivity (Wildman–Crippen MR) is 102 cm³/mol. The van der Waals surface area contributed by atoms with Gasteiger partial charge in [-0.3, -0.25) is 0 Å². The average molecular weight is 360 g/mol. The van der Waals surface area contributed by atoms with Gasteiger partial charge in [-0.25, -0.2) is 9.67 Å². The number of hydrogen-bond acceptors (Lipinski definition) is 7. The van der Waals surface area contributed by atoms with Gasteiger partial charge in [-0.05, 0) is 44.2 Å². The van der Waals surface area contributed by atoms with Crippen molar-refractivity contribution in [3.8, 4) is 11.9 Å². The maximum atomic E-state index is 9.01. The molecule has 4 rings (SSSR count). The van der Waals surface area contributed by atoms with E-state index in [4.69, 9.17) is 5.26 Å². The molecule has 0 unspecified atom stereocenters. The number of aromatic nitrogens is 5. The van der Waals surface area contributed by atoms with Crippen LogP contribution in [0.5, 0.6) is 0 Å². The summed E-state index contributed by atoms with van der Waals surface area (Å²) in [5, 5.41) is 22.2. The third kappa shape index (κ3) is 3.44. The smallest absolute Gasteiger partial charge is 0.176 e. The quantitative estimate of drug-likeness (QED) is 0.705. The van der Waals surface area contributed by atoms with Crippen LogP contribution in [0, 0.1) is 25.2 Å². The van der Waals surface area contributed by atoms with Gasteiger partial charge in [0.15, 0.2) is 11.6 Å². The number of pyridine rings is 1. The third-order valence-electron chi connectivity index (χ3n) is 4.64. The summed E-state index contributed by atoms with van der Waals surface area (Å²) in [6.07, 6.45) is 0. The zero-order chi connectivity index (χ0) is 18.8. The van der Waals surface area contributed by atoms with Crippen molar-refractivity contribution in [3.63, 3.8) is 0 Å². The van der Waals surface area contributed by atoms with E-state index in [1.807, 2.05) is 44.2 Å². The molecule has 1 saturated heterocycles. The van der Waals surface area contributed by atoms with Gasteiger partial charge in [-0.2, -0.15) is 10.4 Å². The first kappa shape index (κ1) is 17.0. The number of nitrogens with zero attached hydrogens (tertiary/aromatic N) is 8. The van der Waals surface area contributed by atoms with Gasteiger partial charge in [0.1, 0.15) is 17.6 Å². The van der Waals surface area contributed by atoms with E-state index in [1.54, 1.807) is 10.7 Å². The number of hydrogen-bond donors (Lipinski definition) is 0. The molecular formula is C19H20N8. The Morgan fingerprint density at radius 2 is 1.56 bits per heavy atom. The van der Waals surface area contributed by atoms with E-state index in [9.17, 15) is 0 Å². The molecule has 3 aromatic rings. The van der Waals surface area contributed by atoms with Crippen LogP contribution in [-0.2, 0) is 0 Å². The summed E-state index contributed by atoms with van der Waals surface area (Å²) in [4.78, 5) is 8.78. The standard InChI is InChI=1S/C19H20N8/c1-14-12-15(2)27(24-14)19-7-6-18(22-23-19)26-10-8-25(9-11-26)17-5-3-4-16(13-20)21-17/h3-7,12H,8-11H2,1-2H3. The average Bonchev–Trinajstić information content (AvgIpc) is 3.06. The van der Waals surface area contributed by atoms with Crippen molar-refractivity contribution < 1.29 is 0 Å². The zero-order valence-corrected chi connectivity index (χ0v) is 15.4. The van der Waals surface area contributed by atoms with E-state index in [-0.39, 0.29) is 0 Å². The summed E-state index contributed by atoms with van der Waals surface area (Å²) in [6, 6.07) is 13.6. The first-order valence-electron chi connectivity index (χ1n) is 8.88. The Bertz CT molecular complexity index is 978. The van der Waals surface area contributed by atoms with Gasteiger partial charge in [0.05, 0.1) is 5.69 Å². The summed E-state index contributed by atoms with van der Waals surface area (Å²) in [5.41, 5.74) is 2.44. The van der Waals surface area contributed by atoms with E-state index < -0.39 is 0 Å². The van der Waals surface area contributed by atoms with Crippen molar-refractivity contribution in [2.24, 2.45) is 0 Å². The van der Waals surface area contributed by atoms with Crippen LogP contribution in [0.2, 0.25) is 0 Å². The van der Waals surface area contributed by atoms with Gasteiger partial charge in [0.25, 0.3) is 0 Å². The lowest BCUT2D eigenvalue weighted by molar-refractivity contribution is 0.636. The maximum Gasteiger partial charge on any atom is 0.176 e. The van der Waals surface area contributed by atoms with E-state index in [0.29, 0.717) is 5.69 Å². The molecule has 4 heterocycles. The van der Waals surface area contributed by atoms with E-state index in [0.717, 1.165) is 55.0 Å². The summed E-state index contributed by atoms with van der Waals surface area (Å²) >= 11 is 0. The molecule has 8 heteroatoms. The Morgan fingerprint density at radius 3 is 2.15 bits per heavy atom. The minimum Gasteiger partial charge on any atom is -0.353 e. The molecule has 0 radical (unpaired) electrons. The molecule has 1 fully saturated rings. The highest BCUT2D eigenvalue weighted by Crippen LogP contribution is 2.18. The summed E-state index contributed by atoms with van der Waals surface area (Å²) in [7, 11) is 0. The fourth-order valence-electron chi connectivity index (χ4n) is 3.29. The van der Waals surface area contributed by atoms with Crippen molar-refractivity contribution >= 4 is 11.6 Å². The Morgan fingerprint density at radius 1 is 0.889 bits per heavy atom. The van der Waals surface area contributed by atoms with Gasteiger partial charge in [0.2, 0.25) is 0 Å². The highest BCUT2D eigenvalue weighted by Gasteiger charge is 2.20. The molecule has 0 aromatic carbocycles. The van der Waals surface area contributed by atoms with Crippen LogP contribution in [-0.4, -0.2) is 51.1 Å². The Kier molecular flexibility index (Phi) is 4.42. The SMILES string of the molecule is Cc1cc(C)n(-c2ccc(N3CCN(c4cccc(C#N)n4)CC3)nn2)n1. The molecule has 0 bridgehead atoms.